The Morgan fingerprint density at radius 1 is 1.26 bits per heavy atom. The SMILES string of the molecule is C=Cc1ccc2c(Cl)cc(-c3ccn(N)c3)nc2c1. The molecule has 0 aliphatic heterocycles. The van der Waals surface area contributed by atoms with Crippen molar-refractivity contribution in [3.8, 4) is 11.3 Å². The Hall–Kier alpha value is -2.26. The van der Waals surface area contributed by atoms with E-state index in [4.69, 9.17) is 17.4 Å². The molecule has 3 rings (SSSR count). The van der Waals surface area contributed by atoms with Gasteiger partial charge in [0.15, 0.2) is 0 Å². The average Bonchev–Trinajstić information content (AvgIpc) is 2.84. The molecule has 0 saturated heterocycles. The molecule has 0 saturated carbocycles. The number of halogens is 1. The van der Waals surface area contributed by atoms with Gasteiger partial charge in [0, 0.05) is 23.3 Å². The molecule has 1 aromatic carbocycles. The molecule has 0 amide bonds. The van der Waals surface area contributed by atoms with Crippen LogP contribution < -0.4 is 5.84 Å². The molecular formula is C15H12ClN3. The average molecular weight is 270 g/mol. The number of pyridine rings is 1. The Labute approximate surface area is 115 Å². The van der Waals surface area contributed by atoms with E-state index < -0.39 is 0 Å². The molecule has 2 N–H and O–H groups in total. The van der Waals surface area contributed by atoms with Crippen LogP contribution in [0.1, 0.15) is 5.56 Å². The van der Waals surface area contributed by atoms with Crippen molar-refractivity contribution in [2.24, 2.45) is 0 Å². The lowest BCUT2D eigenvalue weighted by molar-refractivity contribution is 1.02. The van der Waals surface area contributed by atoms with Crippen LogP contribution in [-0.2, 0) is 0 Å². The number of nitrogens with zero attached hydrogens (tertiary/aromatic N) is 2. The van der Waals surface area contributed by atoms with Crippen molar-refractivity contribution in [1.29, 1.82) is 0 Å². The number of rotatable bonds is 2. The molecule has 0 radical (unpaired) electrons. The minimum Gasteiger partial charge on any atom is -0.340 e. The zero-order valence-electron chi connectivity index (χ0n) is 10.2. The summed E-state index contributed by atoms with van der Waals surface area (Å²) in [4.78, 5) is 4.63. The quantitative estimate of drug-likeness (QED) is 0.721. The molecule has 19 heavy (non-hydrogen) atoms. The number of nitrogen functional groups attached to an aromatic ring is 1. The van der Waals surface area contributed by atoms with Crippen LogP contribution in [0.25, 0.3) is 28.2 Å². The van der Waals surface area contributed by atoms with Gasteiger partial charge in [0.2, 0.25) is 0 Å². The van der Waals surface area contributed by atoms with Gasteiger partial charge in [0.25, 0.3) is 0 Å². The Kier molecular flexibility index (Phi) is 2.76. The fourth-order valence-corrected chi connectivity index (χ4v) is 2.31. The van der Waals surface area contributed by atoms with Gasteiger partial charge >= 0.3 is 0 Å². The minimum atomic E-state index is 0.681. The number of hydrogen-bond acceptors (Lipinski definition) is 2. The second-order valence-corrected chi connectivity index (χ2v) is 4.72. The molecule has 94 valence electrons. The zero-order chi connectivity index (χ0) is 13.4. The van der Waals surface area contributed by atoms with E-state index in [1.807, 2.05) is 36.5 Å². The lowest BCUT2D eigenvalue weighted by atomic mass is 10.1. The van der Waals surface area contributed by atoms with Crippen LogP contribution in [0.5, 0.6) is 0 Å². The molecule has 0 bridgehead atoms. The third-order valence-electron chi connectivity index (χ3n) is 3.03. The van der Waals surface area contributed by atoms with Gasteiger partial charge in [-0.15, -0.1) is 0 Å². The van der Waals surface area contributed by atoms with Crippen LogP contribution in [0.3, 0.4) is 0 Å². The summed E-state index contributed by atoms with van der Waals surface area (Å²) in [7, 11) is 0. The van der Waals surface area contributed by atoms with Crippen LogP contribution in [-0.4, -0.2) is 9.66 Å². The topological polar surface area (TPSA) is 43.8 Å². The Morgan fingerprint density at radius 2 is 2.11 bits per heavy atom. The summed E-state index contributed by atoms with van der Waals surface area (Å²) in [5, 5.41) is 1.61. The highest BCUT2D eigenvalue weighted by molar-refractivity contribution is 6.35. The van der Waals surface area contributed by atoms with Crippen molar-refractivity contribution in [2.45, 2.75) is 0 Å². The number of fused-ring (bicyclic) bond motifs is 1. The highest BCUT2D eigenvalue weighted by Gasteiger charge is 2.07. The van der Waals surface area contributed by atoms with E-state index >= 15 is 0 Å². The highest BCUT2D eigenvalue weighted by Crippen LogP contribution is 2.28. The van der Waals surface area contributed by atoms with E-state index in [1.54, 1.807) is 12.3 Å². The second-order valence-electron chi connectivity index (χ2n) is 4.32. The van der Waals surface area contributed by atoms with Crippen molar-refractivity contribution >= 4 is 28.6 Å². The second kappa shape index (κ2) is 4.44. The summed E-state index contributed by atoms with van der Waals surface area (Å²) >= 11 is 6.31. The van der Waals surface area contributed by atoms with Gasteiger partial charge in [-0.2, -0.15) is 0 Å². The van der Waals surface area contributed by atoms with Gasteiger partial charge < -0.3 is 5.84 Å². The summed E-state index contributed by atoms with van der Waals surface area (Å²) in [5.41, 5.74) is 3.62. The normalized spacial score (nSPS) is 10.8. The summed E-state index contributed by atoms with van der Waals surface area (Å²) in [5.74, 6) is 5.65. The van der Waals surface area contributed by atoms with E-state index in [2.05, 4.69) is 11.6 Å². The summed E-state index contributed by atoms with van der Waals surface area (Å²) in [6.45, 7) is 3.76. The molecule has 0 aliphatic rings. The van der Waals surface area contributed by atoms with Crippen LogP contribution in [0.4, 0.5) is 0 Å². The summed E-state index contributed by atoms with van der Waals surface area (Å²) < 4.78 is 1.50. The Balaban J connectivity index is 2.24. The fraction of sp³-hybridized carbons (Fsp3) is 0. The van der Waals surface area contributed by atoms with Crippen molar-refractivity contribution in [1.82, 2.24) is 9.66 Å². The monoisotopic (exact) mass is 269 g/mol. The van der Waals surface area contributed by atoms with Gasteiger partial charge in [-0.3, -0.25) is 4.68 Å². The molecule has 2 aromatic heterocycles. The Morgan fingerprint density at radius 3 is 2.79 bits per heavy atom. The largest absolute Gasteiger partial charge is 0.340 e. The molecule has 0 unspecified atom stereocenters. The maximum atomic E-state index is 6.31. The van der Waals surface area contributed by atoms with Crippen molar-refractivity contribution in [2.75, 3.05) is 5.84 Å². The van der Waals surface area contributed by atoms with Crippen molar-refractivity contribution < 1.29 is 0 Å². The van der Waals surface area contributed by atoms with Gasteiger partial charge in [-0.05, 0) is 23.8 Å². The summed E-state index contributed by atoms with van der Waals surface area (Å²) in [6, 6.07) is 9.66. The molecular weight excluding hydrogens is 258 g/mol. The van der Waals surface area contributed by atoms with Crippen molar-refractivity contribution in [3.05, 3.63) is 59.9 Å². The summed E-state index contributed by atoms with van der Waals surface area (Å²) in [6.07, 6.45) is 5.37. The fourth-order valence-electron chi connectivity index (χ4n) is 2.04. The molecule has 3 aromatic rings. The predicted molar refractivity (Wildman–Crippen MR) is 80.4 cm³/mol. The number of benzene rings is 1. The number of nitrogens with two attached hydrogens (primary N) is 1. The lowest BCUT2D eigenvalue weighted by Gasteiger charge is -2.05. The molecule has 3 nitrogen and oxygen atoms in total. The third-order valence-corrected chi connectivity index (χ3v) is 3.34. The molecule has 0 aliphatic carbocycles. The van der Waals surface area contributed by atoms with E-state index in [-0.39, 0.29) is 0 Å². The number of hydrogen-bond donors (Lipinski definition) is 1. The molecule has 2 heterocycles. The first kappa shape index (κ1) is 11.8. The van der Waals surface area contributed by atoms with Gasteiger partial charge in [-0.25, -0.2) is 4.98 Å². The Bertz CT molecular complexity index is 774. The lowest BCUT2D eigenvalue weighted by Crippen LogP contribution is -2.02. The van der Waals surface area contributed by atoms with E-state index in [9.17, 15) is 0 Å². The third kappa shape index (κ3) is 2.09. The van der Waals surface area contributed by atoms with Crippen molar-refractivity contribution in [3.63, 3.8) is 0 Å². The molecule has 0 atom stereocenters. The van der Waals surface area contributed by atoms with E-state index in [1.165, 1.54) is 4.68 Å². The van der Waals surface area contributed by atoms with Gasteiger partial charge in [-0.1, -0.05) is 36.4 Å². The maximum Gasteiger partial charge on any atom is 0.0740 e. The van der Waals surface area contributed by atoms with Crippen LogP contribution in [0, 0.1) is 0 Å². The van der Waals surface area contributed by atoms with Crippen LogP contribution >= 0.6 is 11.6 Å². The van der Waals surface area contributed by atoms with Gasteiger partial charge in [0.1, 0.15) is 0 Å². The van der Waals surface area contributed by atoms with E-state index in [0.717, 1.165) is 27.7 Å². The smallest absolute Gasteiger partial charge is 0.0740 e. The highest BCUT2D eigenvalue weighted by atomic mass is 35.5. The zero-order valence-corrected chi connectivity index (χ0v) is 10.9. The van der Waals surface area contributed by atoms with Crippen LogP contribution in [0.2, 0.25) is 5.02 Å². The minimum absolute atomic E-state index is 0.681. The van der Waals surface area contributed by atoms with Gasteiger partial charge in [0.05, 0.1) is 16.2 Å². The molecule has 0 spiro atoms. The first-order chi connectivity index (χ1) is 9.17. The van der Waals surface area contributed by atoms with E-state index in [0.29, 0.717) is 5.02 Å². The first-order valence-corrected chi connectivity index (χ1v) is 6.21. The molecule has 0 fully saturated rings. The molecule has 4 heteroatoms. The van der Waals surface area contributed by atoms with Crippen LogP contribution in [0.15, 0.2) is 49.3 Å². The standard InChI is InChI=1S/C15H12ClN3/c1-2-10-3-4-12-13(16)8-14(18-15(12)7-10)11-5-6-19(17)9-11/h2-9H,1,17H2. The predicted octanol–water partition coefficient (Wildman–Crippen LogP) is 3.71. The maximum absolute atomic E-state index is 6.31. The first-order valence-electron chi connectivity index (χ1n) is 5.83. The number of aromatic nitrogens is 2.